The van der Waals surface area contributed by atoms with E-state index in [0.717, 1.165) is 0 Å². The van der Waals surface area contributed by atoms with Gasteiger partial charge < -0.3 is 19.5 Å². The van der Waals surface area contributed by atoms with Crippen molar-refractivity contribution in [3.8, 4) is 17.6 Å². The third kappa shape index (κ3) is 6.55. The zero-order valence-corrected chi connectivity index (χ0v) is 14.8. The summed E-state index contributed by atoms with van der Waals surface area (Å²) in [4.78, 5) is 23.2. The minimum Gasteiger partial charge on any atom is -0.490 e. The summed E-state index contributed by atoms with van der Waals surface area (Å²) in [6.07, 6.45) is 1.46. The molecule has 134 valence electrons. The Morgan fingerprint density at radius 1 is 1.28 bits per heavy atom. The summed E-state index contributed by atoms with van der Waals surface area (Å²) < 4.78 is 15.4. The van der Waals surface area contributed by atoms with Crippen molar-refractivity contribution in [1.29, 1.82) is 5.26 Å². The number of nitriles is 1. The number of ether oxygens (including phenoxy) is 3. The van der Waals surface area contributed by atoms with Crippen LogP contribution in [0.4, 0.5) is 0 Å². The molecule has 25 heavy (non-hydrogen) atoms. The number of rotatable bonds is 8. The minimum atomic E-state index is -0.511. The normalized spacial score (nSPS) is 10.8. The van der Waals surface area contributed by atoms with Gasteiger partial charge >= 0.3 is 5.97 Å². The van der Waals surface area contributed by atoms with Crippen LogP contribution in [0.5, 0.6) is 11.5 Å². The average molecular weight is 346 g/mol. The molecule has 7 nitrogen and oxygen atoms in total. The second-order valence-corrected chi connectivity index (χ2v) is 5.30. The summed E-state index contributed by atoms with van der Waals surface area (Å²) in [6.45, 7) is 5.58. The van der Waals surface area contributed by atoms with E-state index in [9.17, 15) is 14.9 Å². The first-order chi connectivity index (χ1) is 11.9. The van der Waals surface area contributed by atoms with Gasteiger partial charge in [-0.2, -0.15) is 5.26 Å². The number of carbonyl (C=O) groups excluding carboxylic acids is 2. The number of amides is 1. The lowest BCUT2D eigenvalue weighted by molar-refractivity contribution is -0.142. The van der Waals surface area contributed by atoms with Gasteiger partial charge in [-0.15, -0.1) is 0 Å². The smallest absolute Gasteiger partial charge is 0.343 e. The Labute approximate surface area is 147 Å². The van der Waals surface area contributed by atoms with Gasteiger partial charge in [0.1, 0.15) is 11.6 Å². The molecule has 1 amide bonds. The van der Waals surface area contributed by atoms with Crippen LogP contribution >= 0.6 is 0 Å². The monoisotopic (exact) mass is 346 g/mol. The molecule has 0 aromatic heterocycles. The van der Waals surface area contributed by atoms with E-state index in [4.69, 9.17) is 9.47 Å². The molecule has 0 radical (unpaired) electrons. The molecule has 0 saturated heterocycles. The molecule has 0 fully saturated rings. The predicted octanol–water partition coefficient (Wildman–Crippen LogP) is 2.07. The highest BCUT2D eigenvalue weighted by molar-refractivity contribution is 6.01. The molecule has 0 unspecified atom stereocenters. The summed E-state index contributed by atoms with van der Waals surface area (Å²) in [7, 11) is 1.27. The lowest BCUT2D eigenvalue weighted by Gasteiger charge is -2.12. The molecule has 0 saturated carbocycles. The maximum Gasteiger partial charge on any atom is 0.343 e. The number of benzene rings is 1. The third-order valence-corrected chi connectivity index (χ3v) is 2.94. The lowest BCUT2D eigenvalue weighted by Crippen LogP contribution is -2.30. The van der Waals surface area contributed by atoms with Crippen molar-refractivity contribution in [3.63, 3.8) is 0 Å². The largest absolute Gasteiger partial charge is 0.490 e. The van der Waals surface area contributed by atoms with E-state index in [1.54, 1.807) is 18.2 Å². The van der Waals surface area contributed by atoms with Crippen molar-refractivity contribution in [2.45, 2.75) is 26.8 Å². The summed E-state index contributed by atoms with van der Waals surface area (Å²) in [5.74, 6) is -0.179. The molecular formula is C18H22N2O5. The quantitative estimate of drug-likeness (QED) is 0.440. The first-order valence-corrected chi connectivity index (χ1v) is 7.80. The maximum atomic E-state index is 12.0. The maximum absolute atomic E-state index is 12.0. The number of esters is 1. The number of nitrogens with zero attached hydrogens (tertiary/aromatic N) is 1. The molecule has 1 aromatic rings. The van der Waals surface area contributed by atoms with E-state index in [-0.39, 0.29) is 18.2 Å². The molecule has 1 N–H and O–H groups in total. The van der Waals surface area contributed by atoms with Gasteiger partial charge in [-0.05, 0) is 44.5 Å². The summed E-state index contributed by atoms with van der Waals surface area (Å²) in [6, 6.07) is 6.72. The highest BCUT2D eigenvalue weighted by Crippen LogP contribution is 2.29. The molecule has 0 spiro atoms. The number of nitrogens with one attached hydrogen (secondary N) is 1. The Morgan fingerprint density at radius 3 is 2.56 bits per heavy atom. The van der Waals surface area contributed by atoms with Crippen LogP contribution in [-0.4, -0.2) is 38.2 Å². The molecule has 0 atom stereocenters. The van der Waals surface area contributed by atoms with Gasteiger partial charge in [0.15, 0.2) is 18.1 Å². The van der Waals surface area contributed by atoms with E-state index in [1.165, 1.54) is 13.2 Å². The second kappa shape index (κ2) is 9.98. The average Bonchev–Trinajstić information content (AvgIpc) is 2.58. The van der Waals surface area contributed by atoms with E-state index >= 15 is 0 Å². The fourth-order valence-electron chi connectivity index (χ4n) is 1.85. The van der Waals surface area contributed by atoms with Gasteiger partial charge in [0, 0.05) is 6.04 Å². The van der Waals surface area contributed by atoms with Crippen LogP contribution in [0.3, 0.4) is 0 Å². The van der Waals surface area contributed by atoms with Crippen molar-refractivity contribution >= 4 is 18.0 Å². The summed E-state index contributed by atoms with van der Waals surface area (Å²) >= 11 is 0. The molecule has 0 aliphatic carbocycles. The summed E-state index contributed by atoms with van der Waals surface area (Å²) in [5, 5.41) is 11.9. The predicted molar refractivity (Wildman–Crippen MR) is 92.0 cm³/mol. The second-order valence-electron chi connectivity index (χ2n) is 5.30. The van der Waals surface area contributed by atoms with Crippen molar-refractivity contribution in [3.05, 3.63) is 29.3 Å². The fraction of sp³-hybridized carbons (Fsp3) is 0.389. The highest BCUT2D eigenvalue weighted by atomic mass is 16.6. The van der Waals surface area contributed by atoms with E-state index < -0.39 is 11.9 Å². The number of carbonyl (C=O) groups is 2. The van der Waals surface area contributed by atoms with Gasteiger partial charge in [0.2, 0.25) is 0 Å². The van der Waals surface area contributed by atoms with Crippen molar-refractivity contribution in [2.75, 3.05) is 20.3 Å². The van der Waals surface area contributed by atoms with E-state index in [2.05, 4.69) is 10.1 Å². The number of methoxy groups -OCH3 is 1. The van der Waals surface area contributed by atoms with E-state index in [0.29, 0.717) is 23.7 Å². The zero-order chi connectivity index (χ0) is 18.8. The number of hydrogen-bond donors (Lipinski definition) is 1. The van der Waals surface area contributed by atoms with Crippen LogP contribution in [0.1, 0.15) is 26.3 Å². The van der Waals surface area contributed by atoms with Gasteiger partial charge in [-0.3, -0.25) is 4.79 Å². The van der Waals surface area contributed by atoms with Crippen LogP contribution in [0, 0.1) is 11.3 Å². The van der Waals surface area contributed by atoms with Crippen LogP contribution < -0.4 is 14.8 Å². The van der Waals surface area contributed by atoms with E-state index in [1.807, 2.05) is 26.8 Å². The molecule has 1 aromatic carbocycles. The minimum absolute atomic E-state index is 0.0145. The lowest BCUT2D eigenvalue weighted by atomic mass is 10.1. The molecular weight excluding hydrogens is 324 g/mol. The van der Waals surface area contributed by atoms with Crippen molar-refractivity contribution in [2.24, 2.45) is 0 Å². The Hall–Kier alpha value is -3.01. The van der Waals surface area contributed by atoms with Gasteiger partial charge in [-0.25, -0.2) is 4.79 Å². The van der Waals surface area contributed by atoms with Crippen molar-refractivity contribution in [1.82, 2.24) is 5.32 Å². The Kier molecular flexibility index (Phi) is 8.00. The van der Waals surface area contributed by atoms with Crippen LogP contribution in [-0.2, 0) is 14.3 Å². The summed E-state index contributed by atoms with van der Waals surface area (Å²) in [5.41, 5.74) is 0.587. The first kappa shape index (κ1) is 20.0. The number of hydrogen-bond acceptors (Lipinski definition) is 6. The molecule has 0 bridgehead atoms. The third-order valence-electron chi connectivity index (χ3n) is 2.94. The zero-order valence-electron chi connectivity index (χ0n) is 14.8. The van der Waals surface area contributed by atoms with Crippen molar-refractivity contribution < 1.29 is 23.8 Å². The van der Waals surface area contributed by atoms with Crippen LogP contribution in [0.15, 0.2) is 23.8 Å². The SMILES string of the molecule is CCOc1cc(/C=C(/C#N)C(=O)NC(C)C)ccc1OCC(=O)OC. The molecule has 1 rings (SSSR count). The topological polar surface area (TPSA) is 97.6 Å². The van der Waals surface area contributed by atoms with Gasteiger partial charge in [0.05, 0.1) is 13.7 Å². The molecule has 0 aliphatic heterocycles. The molecule has 0 heterocycles. The Morgan fingerprint density at radius 2 is 2.00 bits per heavy atom. The van der Waals surface area contributed by atoms with Crippen LogP contribution in [0.25, 0.3) is 6.08 Å². The Balaban J connectivity index is 3.06. The fourth-order valence-corrected chi connectivity index (χ4v) is 1.85. The van der Waals surface area contributed by atoms with Gasteiger partial charge in [0.25, 0.3) is 5.91 Å². The highest BCUT2D eigenvalue weighted by Gasteiger charge is 2.12. The standard InChI is InChI=1S/C18H22N2O5/c1-5-24-16-9-13(6-7-15(16)25-11-17(21)23-4)8-14(10-19)18(22)20-12(2)3/h6-9,12H,5,11H2,1-4H3,(H,20,22)/b14-8-. The molecule has 0 aliphatic rings. The molecule has 7 heteroatoms. The van der Waals surface area contributed by atoms with Crippen LogP contribution in [0.2, 0.25) is 0 Å². The van der Waals surface area contributed by atoms with Gasteiger partial charge in [-0.1, -0.05) is 6.07 Å². The Bertz CT molecular complexity index is 689. The first-order valence-electron chi connectivity index (χ1n) is 7.80.